The number of aromatic nitrogens is 1. The molecule has 4 amide bonds. The minimum Gasteiger partial charge on any atom is -0.443 e. The number of carbonyl (C=O) groups is 2. The number of nitriles is 1. The van der Waals surface area contributed by atoms with E-state index in [1.807, 2.05) is 6.07 Å². The van der Waals surface area contributed by atoms with Crippen LogP contribution in [0.15, 0.2) is 46.3 Å². The van der Waals surface area contributed by atoms with Gasteiger partial charge in [-0.15, -0.1) is 0 Å². The zero-order valence-electron chi connectivity index (χ0n) is 15.9. The quantitative estimate of drug-likeness (QED) is 0.782. The zero-order chi connectivity index (χ0) is 22.1. The maximum atomic E-state index is 12.9. The third kappa shape index (κ3) is 3.71. The van der Waals surface area contributed by atoms with Crippen molar-refractivity contribution in [3.63, 3.8) is 0 Å². The van der Waals surface area contributed by atoms with Gasteiger partial charge in [0.25, 0.3) is 0 Å². The molecule has 1 aliphatic heterocycles. The minimum atomic E-state index is -4.51. The summed E-state index contributed by atoms with van der Waals surface area (Å²) >= 11 is 0. The van der Waals surface area contributed by atoms with E-state index in [4.69, 9.17) is 4.42 Å². The molecule has 2 heterocycles. The first-order valence-corrected chi connectivity index (χ1v) is 8.79. The number of amides is 4. The average molecular weight is 419 g/mol. The number of nitrogens with zero attached hydrogens (tertiary/aromatic N) is 3. The number of oxazole rings is 1. The Hall–Kier alpha value is -3.81. The summed E-state index contributed by atoms with van der Waals surface area (Å²) in [6.07, 6.45) is -3.47. The Balaban J connectivity index is 2.12. The highest BCUT2D eigenvalue weighted by atomic mass is 19.4. The molecule has 8 nitrogen and oxygen atoms in total. The molecule has 3 rings (SSSR count). The fourth-order valence-corrected chi connectivity index (χ4v) is 3.07. The van der Waals surface area contributed by atoms with Crippen LogP contribution in [0.3, 0.4) is 0 Å². The summed E-state index contributed by atoms with van der Waals surface area (Å²) < 4.78 is 43.9. The number of allylic oxidation sites excluding steroid dienone is 1. The summed E-state index contributed by atoms with van der Waals surface area (Å²) in [5.74, 6) is 0.0401. The maximum absolute atomic E-state index is 12.9. The second-order valence-corrected chi connectivity index (χ2v) is 6.33. The van der Waals surface area contributed by atoms with Crippen molar-refractivity contribution in [3.05, 3.63) is 53.2 Å². The van der Waals surface area contributed by atoms with Crippen molar-refractivity contribution in [1.82, 2.24) is 20.5 Å². The van der Waals surface area contributed by atoms with Crippen LogP contribution in [-0.4, -0.2) is 28.5 Å². The third-order valence-electron chi connectivity index (χ3n) is 4.44. The Labute approximate surface area is 169 Å². The van der Waals surface area contributed by atoms with Crippen LogP contribution in [0.4, 0.5) is 22.8 Å². The highest BCUT2D eigenvalue weighted by Crippen LogP contribution is 2.38. The van der Waals surface area contributed by atoms with Crippen molar-refractivity contribution in [1.29, 1.82) is 5.26 Å². The number of nitrogens with one attached hydrogen (secondary N) is 2. The normalized spacial score (nSPS) is 16.9. The highest BCUT2D eigenvalue weighted by molar-refractivity contribution is 5.96. The number of hydrogen-bond donors (Lipinski definition) is 2. The topological polar surface area (TPSA) is 111 Å². The van der Waals surface area contributed by atoms with E-state index >= 15 is 0 Å². The van der Waals surface area contributed by atoms with Gasteiger partial charge in [0.1, 0.15) is 11.7 Å². The first-order valence-electron chi connectivity index (χ1n) is 8.79. The molecule has 1 atom stereocenters. The second-order valence-electron chi connectivity index (χ2n) is 6.33. The van der Waals surface area contributed by atoms with E-state index in [-0.39, 0.29) is 34.8 Å². The first kappa shape index (κ1) is 20.9. The van der Waals surface area contributed by atoms with Crippen LogP contribution >= 0.6 is 0 Å². The Morgan fingerprint density at radius 1 is 1.37 bits per heavy atom. The van der Waals surface area contributed by atoms with Crippen molar-refractivity contribution in [2.75, 3.05) is 6.54 Å². The molecule has 0 radical (unpaired) electrons. The van der Waals surface area contributed by atoms with E-state index in [1.165, 1.54) is 19.1 Å². The molecular formula is C19H16F3N5O3. The fraction of sp³-hybridized carbons (Fsp3) is 0.263. The number of hydrogen-bond acceptors (Lipinski definition) is 5. The van der Waals surface area contributed by atoms with E-state index in [9.17, 15) is 28.0 Å². The highest BCUT2D eigenvalue weighted by Gasteiger charge is 2.42. The molecule has 1 aromatic carbocycles. The summed E-state index contributed by atoms with van der Waals surface area (Å²) in [4.78, 5) is 29.9. The standard InChI is InChI=1S/C19H16F3N5O3/c1-3-24-17(28)27-15(13(8-23)10(2)26-18(27)29)14-16(30-9-25-14)11-4-6-12(7-5-11)19(20,21)22/h4-7,9,15H,3H2,1-2H3,(H,24,28)(H,26,29). The van der Waals surface area contributed by atoms with Crippen molar-refractivity contribution >= 4 is 12.1 Å². The summed E-state index contributed by atoms with van der Waals surface area (Å²) in [5, 5.41) is 14.6. The molecule has 0 aliphatic carbocycles. The maximum Gasteiger partial charge on any atom is 0.416 e. The Bertz CT molecular complexity index is 1050. The van der Waals surface area contributed by atoms with Gasteiger partial charge in [0, 0.05) is 17.8 Å². The predicted molar refractivity (Wildman–Crippen MR) is 97.4 cm³/mol. The molecule has 0 saturated carbocycles. The molecule has 2 aromatic rings. The molecule has 1 unspecified atom stereocenters. The molecule has 1 aromatic heterocycles. The lowest BCUT2D eigenvalue weighted by molar-refractivity contribution is -0.137. The van der Waals surface area contributed by atoms with Gasteiger partial charge in [0.15, 0.2) is 12.2 Å². The average Bonchev–Trinajstić information content (AvgIpc) is 3.16. The number of halogens is 3. The molecule has 0 spiro atoms. The molecule has 0 fully saturated rings. The van der Waals surface area contributed by atoms with Gasteiger partial charge in [0.05, 0.1) is 17.2 Å². The Morgan fingerprint density at radius 3 is 2.60 bits per heavy atom. The number of rotatable bonds is 3. The predicted octanol–water partition coefficient (Wildman–Crippen LogP) is 3.95. The van der Waals surface area contributed by atoms with Gasteiger partial charge in [-0.2, -0.15) is 18.4 Å². The fourth-order valence-electron chi connectivity index (χ4n) is 3.07. The van der Waals surface area contributed by atoms with E-state index < -0.39 is 29.8 Å². The SMILES string of the molecule is CCNC(=O)N1C(=O)NC(C)=C(C#N)C1c1ncoc1-c1ccc(C(F)(F)F)cc1. The van der Waals surface area contributed by atoms with Gasteiger partial charge in [-0.1, -0.05) is 12.1 Å². The van der Waals surface area contributed by atoms with Crippen molar-refractivity contribution in [3.8, 4) is 17.4 Å². The summed E-state index contributed by atoms with van der Waals surface area (Å²) in [7, 11) is 0. The zero-order valence-corrected chi connectivity index (χ0v) is 15.9. The van der Waals surface area contributed by atoms with Crippen LogP contribution in [0.2, 0.25) is 0 Å². The second kappa shape index (κ2) is 7.90. The van der Waals surface area contributed by atoms with E-state index in [1.54, 1.807) is 6.92 Å². The van der Waals surface area contributed by atoms with Crippen LogP contribution in [0.1, 0.15) is 31.1 Å². The molecule has 1 aliphatic rings. The number of urea groups is 2. The lowest BCUT2D eigenvalue weighted by atomic mass is 9.96. The van der Waals surface area contributed by atoms with E-state index in [0.29, 0.717) is 0 Å². The third-order valence-corrected chi connectivity index (χ3v) is 4.44. The lowest BCUT2D eigenvalue weighted by Crippen LogP contribution is -2.53. The molecule has 11 heteroatoms. The Morgan fingerprint density at radius 2 is 2.03 bits per heavy atom. The van der Waals surface area contributed by atoms with Gasteiger partial charge < -0.3 is 15.1 Å². The van der Waals surface area contributed by atoms with Gasteiger partial charge in [-0.3, -0.25) is 0 Å². The van der Waals surface area contributed by atoms with Crippen LogP contribution in [-0.2, 0) is 6.18 Å². The summed E-state index contributed by atoms with van der Waals surface area (Å²) in [5.41, 5.74) is -0.280. The monoisotopic (exact) mass is 419 g/mol. The number of alkyl halides is 3. The molecule has 30 heavy (non-hydrogen) atoms. The smallest absolute Gasteiger partial charge is 0.416 e. The molecular weight excluding hydrogens is 403 g/mol. The Kier molecular flexibility index (Phi) is 5.51. The summed E-state index contributed by atoms with van der Waals surface area (Å²) in [6, 6.07) is 3.34. The minimum absolute atomic E-state index is 0.0401. The van der Waals surface area contributed by atoms with Crippen molar-refractivity contribution in [2.24, 2.45) is 0 Å². The summed E-state index contributed by atoms with van der Waals surface area (Å²) in [6.45, 7) is 3.38. The van der Waals surface area contributed by atoms with E-state index in [0.717, 1.165) is 23.4 Å². The number of imide groups is 1. The van der Waals surface area contributed by atoms with Crippen LogP contribution in [0.25, 0.3) is 11.3 Å². The number of carbonyl (C=O) groups excluding carboxylic acids is 2. The van der Waals surface area contributed by atoms with Crippen molar-refractivity contribution in [2.45, 2.75) is 26.1 Å². The molecule has 0 bridgehead atoms. The van der Waals surface area contributed by atoms with Gasteiger partial charge >= 0.3 is 18.2 Å². The van der Waals surface area contributed by atoms with Crippen LogP contribution in [0, 0.1) is 11.3 Å². The molecule has 0 saturated heterocycles. The van der Waals surface area contributed by atoms with Gasteiger partial charge in [-0.25, -0.2) is 19.5 Å². The molecule has 156 valence electrons. The number of benzene rings is 1. The lowest BCUT2D eigenvalue weighted by Gasteiger charge is -2.33. The molecule has 2 N–H and O–H groups in total. The van der Waals surface area contributed by atoms with Crippen molar-refractivity contribution < 1.29 is 27.2 Å². The first-order chi connectivity index (χ1) is 14.2. The largest absolute Gasteiger partial charge is 0.443 e. The van der Waals surface area contributed by atoms with E-state index in [2.05, 4.69) is 15.6 Å². The van der Waals surface area contributed by atoms with Gasteiger partial charge in [0.2, 0.25) is 0 Å². The van der Waals surface area contributed by atoms with Crippen LogP contribution in [0.5, 0.6) is 0 Å². The van der Waals surface area contributed by atoms with Gasteiger partial charge in [-0.05, 0) is 26.0 Å². The van der Waals surface area contributed by atoms with Crippen LogP contribution < -0.4 is 10.6 Å².